The highest BCUT2D eigenvalue weighted by molar-refractivity contribution is 5.95. The average Bonchev–Trinajstić information content (AvgIpc) is 2.48. The van der Waals surface area contributed by atoms with Gasteiger partial charge in [0.15, 0.2) is 0 Å². The van der Waals surface area contributed by atoms with Crippen LogP contribution in [-0.4, -0.2) is 12.8 Å². The number of hydrogen-bond donors (Lipinski definition) is 0. The standard InChI is InChI=1S/C18H20N2/c1-15(19-17-10-6-4-7-11-17)14-16(2)20(3)18-12-8-5-9-13-18/h4-14H,1-3H3/b16-14-,19-15?. The molecule has 0 unspecified atom stereocenters. The van der Waals surface area contributed by atoms with Gasteiger partial charge in [0.05, 0.1) is 5.69 Å². The van der Waals surface area contributed by atoms with Crippen molar-refractivity contribution in [1.29, 1.82) is 0 Å². The van der Waals surface area contributed by atoms with Crippen molar-refractivity contribution in [3.63, 3.8) is 0 Å². The minimum absolute atomic E-state index is 0.983. The largest absolute Gasteiger partial charge is 0.348 e. The molecule has 0 amide bonds. The molecule has 0 spiro atoms. The lowest BCUT2D eigenvalue weighted by Gasteiger charge is -2.20. The van der Waals surface area contributed by atoms with E-state index < -0.39 is 0 Å². The second-order valence-corrected chi connectivity index (χ2v) is 4.77. The zero-order chi connectivity index (χ0) is 14.4. The third-order valence-electron chi connectivity index (χ3n) is 3.15. The van der Waals surface area contributed by atoms with Crippen molar-refractivity contribution in [1.82, 2.24) is 0 Å². The number of rotatable bonds is 4. The zero-order valence-electron chi connectivity index (χ0n) is 12.2. The van der Waals surface area contributed by atoms with Crippen molar-refractivity contribution in [2.45, 2.75) is 13.8 Å². The van der Waals surface area contributed by atoms with E-state index in [0.717, 1.165) is 17.1 Å². The average molecular weight is 264 g/mol. The summed E-state index contributed by atoms with van der Waals surface area (Å²) in [6.07, 6.45) is 2.10. The molecule has 2 heteroatoms. The molecule has 20 heavy (non-hydrogen) atoms. The summed E-state index contributed by atoms with van der Waals surface area (Å²) in [4.78, 5) is 6.75. The highest BCUT2D eigenvalue weighted by Gasteiger charge is 2.01. The van der Waals surface area contributed by atoms with Crippen molar-refractivity contribution in [2.75, 3.05) is 11.9 Å². The molecule has 0 saturated heterocycles. The Morgan fingerprint density at radius 3 is 2.05 bits per heavy atom. The van der Waals surface area contributed by atoms with Crippen LogP contribution in [0.5, 0.6) is 0 Å². The summed E-state index contributed by atoms with van der Waals surface area (Å²) >= 11 is 0. The van der Waals surface area contributed by atoms with Gasteiger partial charge in [-0.15, -0.1) is 0 Å². The molecule has 0 saturated carbocycles. The first kappa shape index (κ1) is 14.1. The van der Waals surface area contributed by atoms with Crippen LogP contribution in [0.15, 0.2) is 77.4 Å². The second-order valence-electron chi connectivity index (χ2n) is 4.77. The first-order chi connectivity index (χ1) is 9.66. The highest BCUT2D eigenvalue weighted by atomic mass is 15.1. The van der Waals surface area contributed by atoms with E-state index in [-0.39, 0.29) is 0 Å². The minimum Gasteiger partial charge on any atom is -0.348 e. The Labute approximate surface area is 121 Å². The van der Waals surface area contributed by atoms with Crippen LogP contribution >= 0.6 is 0 Å². The number of nitrogens with zero attached hydrogens (tertiary/aromatic N) is 2. The first-order valence-electron chi connectivity index (χ1n) is 6.74. The minimum atomic E-state index is 0.983. The lowest BCUT2D eigenvalue weighted by molar-refractivity contribution is 1.09. The van der Waals surface area contributed by atoms with Crippen LogP contribution in [0.1, 0.15) is 13.8 Å². The lowest BCUT2D eigenvalue weighted by Crippen LogP contribution is -2.14. The Morgan fingerprint density at radius 1 is 0.900 bits per heavy atom. The molecule has 2 aromatic rings. The van der Waals surface area contributed by atoms with Crippen LogP contribution < -0.4 is 4.90 Å². The second kappa shape index (κ2) is 6.71. The molecule has 2 aromatic carbocycles. The summed E-state index contributed by atoms with van der Waals surface area (Å²) in [5, 5.41) is 0. The molecule has 0 bridgehead atoms. The van der Waals surface area contributed by atoms with Gasteiger partial charge in [-0.3, -0.25) is 4.99 Å². The smallest absolute Gasteiger partial charge is 0.0632 e. The van der Waals surface area contributed by atoms with Gasteiger partial charge in [-0.1, -0.05) is 36.4 Å². The molecule has 2 nitrogen and oxygen atoms in total. The van der Waals surface area contributed by atoms with E-state index >= 15 is 0 Å². The number of para-hydroxylation sites is 2. The maximum Gasteiger partial charge on any atom is 0.0632 e. The maximum absolute atomic E-state index is 4.59. The van der Waals surface area contributed by atoms with Crippen LogP contribution in [0.25, 0.3) is 0 Å². The van der Waals surface area contributed by atoms with E-state index in [1.165, 1.54) is 5.69 Å². The summed E-state index contributed by atoms with van der Waals surface area (Å²) in [5.41, 5.74) is 4.31. The number of hydrogen-bond acceptors (Lipinski definition) is 2. The van der Waals surface area contributed by atoms with Crippen molar-refractivity contribution in [3.8, 4) is 0 Å². The first-order valence-corrected chi connectivity index (χ1v) is 6.74. The fraction of sp³-hybridized carbons (Fsp3) is 0.167. The van der Waals surface area contributed by atoms with Gasteiger partial charge in [0.25, 0.3) is 0 Å². The molecule has 0 radical (unpaired) electrons. The van der Waals surface area contributed by atoms with Crippen molar-refractivity contribution >= 4 is 17.1 Å². The molecule has 2 rings (SSSR count). The molecule has 0 aliphatic carbocycles. The van der Waals surface area contributed by atoms with Crippen molar-refractivity contribution in [3.05, 3.63) is 72.4 Å². The number of aliphatic imine (C=N–C) groups is 1. The van der Waals surface area contributed by atoms with Gasteiger partial charge in [0.1, 0.15) is 0 Å². The third kappa shape index (κ3) is 3.82. The van der Waals surface area contributed by atoms with Gasteiger partial charge in [-0.05, 0) is 44.2 Å². The Hall–Kier alpha value is -2.35. The van der Waals surface area contributed by atoms with E-state index in [4.69, 9.17) is 0 Å². The molecule has 0 atom stereocenters. The predicted octanol–water partition coefficient (Wildman–Crippen LogP) is 4.82. The fourth-order valence-electron chi connectivity index (χ4n) is 1.99. The fourth-order valence-corrected chi connectivity index (χ4v) is 1.99. The van der Waals surface area contributed by atoms with Crippen molar-refractivity contribution < 1.29 is 0 Å². The molecule has 0 aromatic heterocycles. The van der Waals surface area contributed by atoms with Gasteiger partial charge in [-0.25, -0.2) is 0 Å². The number of benzene rings is 2. The highest BCUT2D eigenvalue weighted by Crippen LogP contribution is 2.17. The van der Waals surface area contributed by atoms with Gasteiger partial charge in [0, 0.05) is 24.1 Å². The number of allylic oxidation sites excluding steroid dienone is 2. The zero-order valence-corrected chi connectivity index (χ0v) is 12.2. The quantitative estimate of drug-likeness (QED) is 0.723. The topological polar surface area (TPSA) is 15.6 Å². The lowest BCUT2D eigenvalue weighted by atomic mass is 10.2. The SMILES string of the molecule is CC(/C=C(/C)N(C)c1ccccc1)=Nc1ccccc1. The van der Waals surface area contributed by atoms with Crippen LogP contribution in [0.4, 0.5) is 11.4 Å². The van der Waals surface area contributed by atoms with Crippen LogP contribution in [0.3, 0.4) is 0 Å². The van der Waals surface area contributed by atoms with E-state index in [0.29, 0.717) is 0 Å². The van der Waals surface area contributed by atoms with Gasteiger partial charge >= 0.3 is 0 Å². The van der Waals surface area contributed by atoms with Gasteiger partial charge in [0.2, 0.25) is 0 Å². The third-order valence-corrected chi connectivity index (χ3v) is 3.15. The molecule has 0 fully saturated rings. The Balaban J connectivity index is 2.16. The van der Waals surface area contributed by atoms with Crippen LogP contribution in [-0.2, 0) is 0 Å². The molecule has 0 N–H and O–H groups in total. The summed E-state index contributed by atoms with van der Waals surface area (Å²) in [7, 11) is 2.07. The summed E-state index contributed by atoms with van der Waals surface area (Å²) < 4.78 is 0. The summed E-state index contributed by atoms with van der Waals surface area (Å²) in [6.45, 7) is 4.12. The number of anilines is 1. The normalized spacial score (nSPS) is 12.3. The van der Waals surface area contributed by atoms with Crippen LogP contribution in [0.2, 0.25) is 0 Å². The van der Waals surface area contributed by atoms with E-state index in [1.54, 1.807) is 0 Å². The Kier molecular flexibility index (Phi) is 4.72. The summed E-state index contributed by atoms with van der Waals surface area (Å²) in [5.74, 6) is 0. The van der Waals surface area contributed by atoms with Gasteiger partial charge < -0.3 is 4.90 Å². The monoisotopic (exact) mass is 264 g/mol. The summed E-state index contributed by atoms with van der Waals surface area (Å²) in [6, 6.07) is 20.3. The van der Waals surface area contributed by atoms with Gasteiger partial charge in [-0.2, -0.15) is 0 Å². The van der Waals surface area contributed by atoms with Crippen LogP contribution in [0, 0.1) is 0 Å². The Morgan fingerprint density at radius 2 is 1.45 bits per heavy atom. The van der Waals surface area contributed by atoms with Crippen molar-refractivity contribution in [2.24, 2.45) is 4.99 Å². The maximum atomic E-state index is 4.59. The Bertz CT molecular complexity index is 598. The van der Waals surface area contributed by atoms with E-state index in [1.807, 2.05) is 55.5 Å². The molecular weight excluding hydrogens is 244 g/mol. The predicted molar refractivity (Wildman–Crippen MR) is 87.8 cm³/mol. The molecule has 102 valence electrons. The van der Waals surface area contributed by atoms with E-state index in [9.17, 15) is 0 Å². The molecule has 0 aliphatic rings. The molecule has 0 aliphatic heterocycles. The molecule has 0 heterocycles. The van der Waals surface area contributed by atoms with E-state index in [2.05, 4.69) is 42.1 Å². The molecular formula is C18H20N2.